The van der Waals surface area contributed by atoms with Gasteiger partial charge in [0.15, 0.2) is 0 Å². The molecular weight excluding hydrogens is 212 g/mol. The summed E-state index contributed by atoms with van der Waals surface area (Å²) >= 11 is 0. The number of rotatable bonds is 1. The molecule has 2 rings (SSSR count). The molecule has 1 heterocycles. The predicted molar refractivity (Wildman–Crippen MR) is 56.1 cm³/mol. The number of nitro groups is 1. The van der Waals surface area contributed by atoms with Gasteiger partial charge < -0.3 is 5.73 Å². The average molecular weight is 220 g/mol. The molecule has 0 radical (unpaired) electrons. The van der Waals surface area contributed by atoms with Gasteiger partial charge in [-0.2, -0.15) is 0 Å². The lowest BCUT2D eigenvalue weighted by Crippen LogP contribution is -2.18. The summed E-state index contributed by atoms with van der Waals surface area (Å²) < 4.78 is 1.14. The van der Waals surface area contributed by atoms with Gasteiger partial charge in [-0.1, -0.05) is 0 Å². The van der Waals surface area contributed by atoms with Crippen LogP contribution >= 0.6 is 0 Å². The van der Waals surface area contributed by atoms with Gasteiger partial charge in [0.1, 0.15) is 6.33 Å². The highest BCUT2D eigenvalue weighted by molar-refractivity contribution is 5.91. The molecule has 7 nitrogen and oxygen atoms in total. The minimum Gasteiger partial charge on any atom is -0.351 e. The third-order valence-corrected chi connectivity index (χ3v) is 2.38. The summed E-state index contributed by atoms with van der Waals surface area (Å²) in [5, 5.41) is 10.7. The van der Waals surface area contributed by atoms with Crippen molar-refractivity contribution < 1.29 is 9.72 Å². The standard InChI is InChI=1S/C9H8N4O3/c1-5-6(13(15)16)2-3-7-8(5)11-4-12(7)9(10)14/h2-4H,1H3,(H2,10,14). The monoisotopic (exact) mass is 220 g/mol. The number of aromatic nitrogens is 2. The van der Waals surface area contributed by atoms with Crippen molar-refractivity contribution in [1.82, 2.24) is 9.55 Å². The van der Waals surface area contributed by atoms with Crippen molar-refractivity contribution in [3.05, 3.63) is 34.1 Å². The summed E-state index contributed by atoms with van der Waals surface area (Å²) in [6, 6.07) is 2.12. The number of primary amides is 1. The number of hydrogen-bond donors (Lipinski definition) is 1. The maximum Gasteiger partial charge on any atom is 0.324 e. The van der Waals surface area contributed by atoms with Crippen molar-refractivity contribution >= 4 is 22.8 Å². The second kappa shape index (κ2) is 3.30. The molecule has 0 unspecified atom stereocenters. The normalized spacial score (nSPS) is 10.6. The zero-order chi connectivity index (χ0) is 11.9. The summed E-state index contributed by atoms with van der Waals surface area (Å²) in [5.74, 6) is 0. The van der Waals surface area contributed by atoms with Crippen LogP contribution in [0.1, 0.15) is 5.56 Å². The highest BCUT2D eigenvalue weighted by Crippen LogP contribution is 2.25. The van der Waals surface area contributed by atoms with Gasteiger partial charge in [-0.05, 0) is 13.0 Å². The summed E-state index contributed by atoms with van der Waals surface area (Å²) in [6.07, 6.45) is 1.25. The molecule has 0 aliphatic carbocycles. The third kappa shape index (κ3) is 1.29. The Bertz CT molecular complexity index is 602. The third-order valence-electron chi connectivity index (χ3n) is 2.38. The lowest BCUT2D eigenvalue weighted by Gasteiger charge is -1.99. The van der Waals surface area contributed by atoms with Gasteiger partial charge in [0.2, 0.25) is 0 Å². The Hall–Kier alpha value is -2.44. The van der Waals surface area contributed by atoms with E-state index in [-0.39, 0.29) is 5.69 Å². The Balaban J connectivity index is 2.78. The fourth-order valence-electron chi connectivity index (χ4n) is 1.58. The van der Waals surface area contributed by atoms with Crippen molar-refractivity contribution in [2.24, 2.45) is 5.73 Å². The topological polar surface area (TPSA) is 104 Å². The summed E-state index contributed by atoms with van der Waals surface area (Å²) in [5.41, 5.74) is 6.39. The zero-order valence-corrected chi connectivity index (χ0v) is 8.38. The highest BCUT2D eigenvalue weighted by atomic mass is 16.6. The van der Waals surface area contributed by atoms with E-state index in [4.69, 9.17) is 5.73 Å². The fourth-order valence-corrected chi connectivity index (χ4v) is 1.58. The Morgan fingerprint density at radius 2 is 2.25 bits per heavy atom. The molecule has 82 valence electrons. The van der Waals surface area contributed by atoms with Crippen LogP contribution in [0.25, 0.3) is 11.0 Å². The van der Waals surface area contributed by atoms with E-state index < -0.39 is 11.0 Å². The number of benzene rings is 1. The number of imidazole rings is 1. The molecule has 2 N–H and O–H groups in total. The number of hydrogen-bond acceptors (Lipinski definition) is 4. The first-order chi connectivity index (χ1) is 7.52. The SMILES string of the molecule is Cc1c([N+](=O)[O-])ccc2c1ncn2C(N)=O. The first kappa shape index (κ1) is 10.1. The van der Waals surface area contributed by atoms with Crippen LogP contribution in [0.2, 0.25) is 0 Å². The van der Waals surface area contributed by atoms with E-state index in [9.17, 15) is 14.9 Å². The van der Waals surface area contributed by atoms with Crippen molar-refractivity contribution in [3.8, 4) is 0 Å². The maximum absolute atomic E-state index is 11.0. The average Bonchev–Trinajstić information content (AvgIpc) is 2.61. The number of aryl methyl sites for hydroxylation is 1. The molecule has 0 bridgehead atoms. The summed E-state index contributed by atoms with van der Waals surface area (Å²) in [7, 11) is 0. The predicted octanol–water partition coefficient (Wildman–Crippen LogP) is 1.18. The van der Waals surface area contributed by atoms with Crippen LogP contribution in [0.3, 0.4) is 0 Å². The van der Waals surface area contributed by atoms with Crippen molar-refractivity contribution in [2.45, 2.75) is 6.92 Å². The molecule has 0 aliphatic heterocycles. The lowest BCUT2D eigenvalue weighted by atomic mass is 10.1. The van der Waals surface area contributed by atoms with Crippen LogP contribution in [-0.2, 0) is 0 Å². The van der Waals surface area contributed by atoms with E-state index in [1.807, 2.05) is 0 Å². The van der Waals surface area contributed by atoms with Gasteiger partial charge in [0.25, 0.3) is 5.69 Å². The van der Waals surface area contributed by atoms with Crippen LogP contribution in [0.4, 0.5) is 10.5 Å². The van der Waals surface area contributed by atoms with Gasteiger partial charge in [0, 0.05) is 6.07 Å². The number of fused-ring (bicyclic) bond motifs is 1. The zero-order valence-electron chi connectivity index (χ0n) is 8.38. The summed E-state index contributed by atoms with van der Waals surface area (Å²) in [6.45, 7) is 1.58. The minimum atomic E-state index is -0.671. The Kier molecular flexibility index (Phi) is 2.08. The van der Waals surface area contributed by atoms with Crippen LogP contribution < -0.4 is 5.73 Å². The first-order valence-electron chi connectivity index (χ1n) is 4.43. The highest BCUT2D eigenvalue weighted by Gasteiger charge is 2.17. The van der Waals surface area contributed by atoms with E-state index in [1.165, 1.54) is 18.5 Å². The molecule has 1 amide bonds. The van der Waals surface area contributed by atoms with E-state index in [0.717, 1.165) is 4.57 Å². The molecule has 16 heavy (non-hydrogen) atoms. The van der Waals surface area contributed by atoms with E-state index >= 15 is 0 Å². The van der Waals surface area contributed by atoms with Crippen molar-refractivity contribution in [3.63, 3.8) is 0 Å². The molecule has 0 atom stereocenters. The largest absolute Gasteiger partial charge is 0.351 e. The second-order valence-corrected chi connectivity index (χ2v) is 3.29. The molecule has 0 saturated heterocycles. The minimum absolute atomic E-state index is 0.0257. The molecule has 0 fully saturated rings. The van der Waals surface area contributed by atoms with E-state index in [2.05, 4.69) is 4.98 Å². The van der Waals surface area contributed by atoms with Gasteiger partial charge in [-0.15, -0.1) is 0 Å². The van der Waals surface area contributed by atoms with E-state index in [0.29, 0.717) is 16.6 Å². The Labute approximate surface area is 89.6 Å². The van der Waals surface area contributed by atoms with Gasteiger partial charge in [-0.25, -0.2) is 9.78 Å². The Morgan fingerprint density at radius 1 is 1.56 bits per heavy atom. The lowest BCUT2D eigenvalue weighted by molar-refractivity contribution is -0.385. The van der Waals surface area contributed by atoms with Crippen LogP contribution in [0, 0.1) is 17.0 Å². The quantitative estimate of drug-likeness (QED) is 0.575. The summed E-state index contributed by atoms with van der Waals surface area (Å²) in [4.78, 5) is 25.2. The first-order valence-corrected chi connectivity index (χ1v) is 4.43. The molecular formula is C9H8N4O3. The molecule has 7 heteroatoms. The van der Waals surface area contributed by atoms with Gasteiger partial charge in [0.05, 0.1) is 21.5 Å². The maximum atomic E-state index is 11.0. The molecule has 1 aromatic carbocycles. The van der Waals surface area contributed by atoms with Crippen molar-refractivity contribution in [1.29, 1.82) is 0 Å². The number of carbonyl (C=O) groups excluding carboxylic acids is 1. The van der Waals surface area contributed by atoms with Crippen LogP contribution in [0.5, 0.6) is 0 Å². The smallest absolute Gasteiger partial charge is 0.324 e. The fraction of sp³-hybridized carbons (Fsp3) is 0.111. The second-order valence-electron chi connectivity index (χ2n) is 3.29. The molecule has 1 aromatic heterocycles. The van der Waals surface area contributed by atoms with Crippen molar-refractivity contribution in [2.75, 3.05) is 0 Å². The van der Waals surface area contributed by atoms with E-state index in [1.54, 1.807) is 6.92 Å². The number of nitrogens with two attached hydrogens (primary N) is 1. The molecule has 0 spiro atoms. The van der Waals surface area contributed by atoms with Crippen LogP contribution in [0.15, 0.2) is 18.5 Å². The molecule has 2 aromatic rings. The Morgan fingerprint density at radius 3 is 2.81 bits per heavy atom. The number of amides is 1. The van der Waals surface area contributed by atoms with Gasteiger partial charge in [-0.3, -0.25) is 14.7 Å². The molecule has 0 saturated carbocycles. The molecule has 0 aliphatic rings. The number of nitro benzene ring substituents is 1. The number of carbonyl (C=O) groups is 1. The van der Waals surface area contributed by atoms with Gasteiger partial charge >= 0.3 is 6.03 Å². The number of nitrogens with zero attached hydrogens (tertiary/aromatic N) is 3. The van der Waals surface area contributed by atoms with Crippen LogP contribution in [-0.4, -0.2) is 20.5 Å².